The summed E-state index contributed by atoms with van der Waals surface area (Å²) >= 11 is 6.20. The molecule has 2 aromatic rings. The summed E-state index contributed by atoms with van der Waals surface area (Å²) in [4.78, 5) is 8.30. The summed E-state index contributed by atoms with van der Waals surface area (Å²) in [7, 11) is 1.54. The van der Waals surface area contributed by atoms with Crippen molar-refractivity contribution in [2.24, 2.45) is 5.73 Å². The van der Waals surface area contributed by atoms with E-state index in [9.17, 15) is 0 Å². The number of nitrogens with zero attached hydrogens (tertiary/aromatic N) is 2. The van der Waals surface area contributed by atoms with Gasteiger partial charge in [-0.1, -0.05) is 23.7 Å². The van der Waals surface area contributed by atoms with Crippen molar-refractivity contribution in [3.63, 3.8) is 0 Å². The van der Waals surface area contributed by atoms with Crippen molar-refractivity contribution in [2.75, 3.05) is 7.11 Å². The molecular formula is C13H14ClN3O. The molecule has 1 aromatic carbocycles. The van der Waals surface area contributed by atoms with Gasteiger partial charge in [-0.15, -0.1) is 0 Å². The smallest absolute Gasteiger partial charge is 0.237 e. The minimum atomic E-state index is -0.457. The van der Waals surface area contributed by atoms with Gasteiger partial charge in [-0.2, -0.15) is 0 Å². The van der Waals surface area contributed by atoms with E-state index in [4.69, 9.17) is 22.1 Å². The fourth-order valence-corrected chi connectivity index (χ4v) is 2.09. The first-order valence-electron chi connectivity index (χ1n) is 5.50. The summed E-state index contributed by atoms with van der Waals surface area (Å²) in [6, 6.07) is 5.28. The van der Waals surface area contributed by atoms with E-state index >= 15 is 0 Å². The first-order valence-corrected chi connectivity index (χ1v) is 5.87. The third-order valence-electron chi connectivity index (χ3n) is 2.67. The highest BCUT2D eigenvalue weighted by Crippen LogP contribution is 2.29. The van der Waals surface area contributed by atoms with Gasteiger partial charge in [-0.3, -0.25) is 4.98 Å². The van der Waals surface area contributed by atoms with Crippen LogP contribution in [0.15, 0.2) is 30.6 Å². The Labute approximate surface area is 111 Å². The van der Waals surface area contributed by atoms with Crippen LogP contribution < -0.4 is 10.5 Å². The summed E-state index contributed by atoms with van der Waals surface area (Å²) < 4.78 is 5.15. The van der Waals surface area contributed by atoms with Gasteiger partial charge < -0.3 is 10.5 Å². The SMILES string of the molecule is COc1nccnc1C(N)c1ccc(C)cc1Cl. The van der Waals surface area contributed by atoms with Crippen LogP contribution in [0.1, 0.15) is 22.9 Å². The maximum Gasteiger partial charge on any atom is 0.237 e. The van der Waals surface area contributed by atoms with E-state index in [1.54, 1.807) is 12.4 Å². The van der Waals surface area contributed by atoms with E-state index < -0.39 is 6.04 Å². The summed E-state index contributed by atoms with van der Waals surface area (Å²) in [6.45, 7) is 1.98. The fourth-order valence-electron chi connectivity index (χ4n) is 1.74. The third-order valence-corrected chi connectivity index (χ3v) is 3.00. The first kappa shape index (κ1) is 12.8. The second-order valence-electron chi connectivity index (χ2n) is 3.95. The van der Waals surface area contributed by atoms with Crippen molar-refractivity contribution < 1.29 is 4.74 Å². The first-order chi connectivity index (χ1) is 8.63. The number of methoxy groups -OCH3 is 1. The number of nitrogens with two attached hydrogens (primary N) is 1. The Kier molecular flexibility index (Phi) is 3.79. The second-order valence-corrected chi connectivity index (χ2v) is 4.36. The van der Waals surface area contributed by atoms with E-state index in [2.05, 4.69) is 9.97 Å². The predicted molar refractivity (Wildman–Crippen MR) is 70.8 cm³/mol. The molecule has 0 aliphatic carbocycles. The van der Waals surface area contributed by atoms with Gasteiger partial charge in [0.25, 0.3) is 0 Å². The molecule has 0 aliphatic rings. The number of aromatic nitrogens is 2. The van der Waals surface area contributed by atoms with Crippen molar-refractivity contribution in [3.8, 4) is 5.88 Å². The van der Waals surface area contributed by atoms with Crippen LogP contribution in [0.4, 0.5) is 0 Å². The van der Waals surface area contributed by atoms with Crippen LogP contribution in [0.2, 0.25) is 5.02 Å². The third kappa shape index (κ3) is 2.44. The van der Waals surface area contributed by atoms with Gasteiger partial charge in [0, 0.05) is 17.4 Å². The zero-order valence-electron chi connectivity index (χ0n) is 10.2. The van der Waals surface area contributed by atoms with Crippen molar-refractivity contribution in [1.82, 2.24) is 9.97 Å². The van der Waals surface area contributed by atoms with E-state index in [-0.39, 0.29) is 0 Å². The zero-order valence-corrected chi connectivity index (χ0v) is 11.0. The maximum atomic E-state index is 6.20. The molecular weight excluding hydrogens is 250 g/mol. The minimum absolute atomic E-state index is 0.418. The molecule has 1 heterocycles. The van der Waals surface area contributed by atoms with Crippen LogP contribution in [0.3, 0.4) is 0 Å². The van der Waals surface area contributed by atoms with Crippen LogP contribution in [-0.2, 0) is 0 Å². The number of benzene rings is 1. The highest BCUT2D eigenvalue weighted by Gasteiger charge is 2.18. The molecule has 1 unspecified atom stereocenters. The molecule has 0 saturated carbocycles. The lowest BCUT2D eigenvalue weighted by Crippen LogP contribution is -2.16. The average Bonchev–Trinajstić information content (AvgIpc) is 2.38. The van der Waals surface area contributed by atoms with Gasteiger partial charge in [0.1, 0.15) is 5.69 Å². The van der Waals surface area contributed by atoms with Crippen LogP contribution in [0.25, 0.3) is 0 Å². The van der Waals surface area contributed by atoms with Gasteiger partial charge in [0.05, 0.1) is 13.2 Å². The van der Waals surface area contributed by atoms with E-state index in [1.807, 2.05) is 25.1 Å². The Hall–Kier alpha value is -1.65. The Balaban J connectivity index is 2.44. The molecule has 0 fully saturated rings. The Morgan fingerprint density at radius 2 is 2.00 bits per heavy atom. The molecule has 4 nitrogen and oxygen atoms in total. The molecule has 94 valence electrons. The second kappa shape index (κ2) is 5.33. The Morgan fingerprint density at radius 1 is 1.28 bits per heavy atom. The van der Waals surface area contributed by atoms with E-state index in [1.165, 1.54) is 7.11 Å². The van der Waals surface area contributed by atoms with Crippen LogP contribution >= 0.6 is 11.6 Å². The van der Waals surface area contributed by atoms with Crippen LogP contribution in [-0.4, -0.2) is 17.1 Å². The van der Waals surface area contributed by atoms with Gasteiger partial charge in [0.2, 0.25) is 5.88 Å². The molecule has 18 heavy (non-hydrogen) atoms. The van der Waals surface area contributed by atoms with Crippen molar-refractivity contribution in [3.05, 3.63) is 52.4 Å². The molecule has 0 saturated heterocycles. The molecule has 0 spiro atoms. The molecule has 0 amide bonds. The largest absolute Gasteiger partial charge is 0.480 e. The number of hydrogen-bond donors (Lipinski definition) is 1. The minimum Gasteiger partial charge on any atom is -0.480 e. The summed E-state index contributed by atoms with van der Waals surface area (Å²) in [5, 5.41) is 0.621. The molecule has 0 radical (unpaired) electrons. The number of rotatable bonds is 3. The van der Waals surface area contributed by atoms with E-state index in [0.29, 0.717) is 16.6 Å². The quantitative estimate of drug-likeness (QED) is 0.924. The number of halogens is 1. The van der Waals surface area contributed by atoms with E-state index in [0.717, 1.165) is 11.1 Å². The molecule has 1 atom stereocenters. The normalized spacial score (nSPS) is 12.2. The number of aryl methyl sites for hydroxylation is 1. The van der Waals surface area contributed by atoms with Crippen LogP contribution in [0, 0.1) is 6.92 Å². The lowest BCUT2D eigenvalue weighted by atomic mass is 10.0. The Morgan fingerprint density at radius 3 is 2.67 bits per heavy atom. The zero-order chi connectivity index (χ0) is 13.1. The molecule has 5 heteroatoms. The molecule has 0 aliphatic heterocycles. The fraction of sp³-hybridized carbons (Fsp3) is 0.231. The maximum absolute atomic E-state index is 6.20. The highest BCUT2D eigenvalue weighted by atomic mass is 35.5. The standard InChI is InChI=1S/C13H14ClN3O/c1-8-3-4-9(10(14)7-8)11(15)12-13(18-2)17-6-5-16-12/h3-7,11H,15H2,1-2H3. The number of hydrogen-bond acceptors (Lipinski definition) is 4. The van der Waals surface area contributed by atoms with Gasteiger partial charge in [-0.05, 0) is 24.1 Å². The summed E-state index contributed by atoms with van der Waals surface area (Å²) in [5.74, 6) is 0.418. The Bertz CT molecular complexity index is 560. The molecule has 2 rings (SSSR count). The lowest BCUT2D eigenvalue weighted by molar-refractivity contribution is 0.387. The van der Waals surface area contributed by atoms with Crippen molar-refractivity contribution in [1.29, 1.82) is 0 Å². The highest BCUT2D eigenvalue weighted by molar-refractivity contribution is 6.31. The van der Waals surface area contributed by atoms with Crippen LogP contribution in [0.5, 0.6) is 5.88 Å². The molecule has 2 N–H and O–H groups in total. The predicted octanol–water partition coefficient (Wildman–Crippen LogP) is 2.50. The van der Waals surface area contributed by atoms with Crippen molar-refractivity contribution >= 4 is 11.6 Å². The summed E-state index contributed by atoms with van der Waals surface area (Å²) in [5.41, 5.74) is 8.64. The molecule has 1 aromatic heterocycles. The van der Waals surface area contributed by atoms with Crippen molar-refractivity contribution in [2.45, 2.75) is 13.0 Å². The van der Waals surface area contributed by atoms with Gasteiger partial charge >= 0.3 is 0 Å². The monoisotopic (exact) mass is 263 g/mol. The lowest BCUT2D eigenvalue weighted by Gasteiger charge is -2.15. The average molecular weight is 264 g/mol. The van der Waals surface area contributed by atoms with Gasteiger partial charge in [0.15, 0.2) is 0 Å². The van der Waals surface area contributed by atoms with Gasteiger partial charge in [-0.25, -0.2) is 4.98 Å². The molecule has 0 bridgehead atoms. The topological polar surface area (TPSA) is 61.0 Å². The number of ether oxygens (including phenoxy) is 1. The summed E-state index contributed by atoms with van der Waals surface area (Å²) in [6.07, 6.45) is 3.14.